The van der Waals surface area contributed by atoms with Gasteiger partial charge in [-0.15, -0.1) is 0 Å². The quantitative estimate of drug-likeness (QED) is 0.791. The van der Waals surface area contributed by atoms with Gasteiger partial charge in [-0.1, -0.05) is 32.1 Å². The summed E-state index contributed by atoms with van der Waals surface area (Å²) in [7, 11) is -1.75. The second-order valence-corrected chi connectivity index (χ2v) is 12.4. The number of hydrogen-bond acceptors (Lipinski definition) is 4. The number of benzene rings is 1. The fraction of sp³-hybridized carbons (Fsp3) is 0.667. The Hall–Kier alpha value is -1.37. The van der Waals surface area contributed by atoms with Crippen molar-refractivity contribution in [3.63, 3.8) is 0 Å². The van der Waals surface area contributed by atoms with Crippen LogP contribution >= 0.6 is 0 Å². The van der Waals surface area contributed by atoms with E-state index in [9.17, 15) is 13.5 Å². The Morgan fingerprint density at radius 1 is 1.20 bits per heavy atom. The van der Waals surface area contributed by atoms with Gasteiger partial charge in [0.25, 0.3) is 0 Å². The van der Waals surface area contributed by atoms with Crippen LogP contribution in [0.5, 0.6) is 5.75 Å². The fourth-order valence-electron chi connectivity index (χ4n) is 6.97. The lowest BCUT2D eigenvalue weighted by Gasteiger charge is -2.43. The molecule has 6 heteroatoms. The molecular formula is C24H33NO4S. The minimum Gasteiger partial charge on any atom is -0.497 e. The van der Waals surface area contributed by atoms with Gasteiger partial charge in [0.15, 0.2) is 0 Å². The molecule has 1 saturated heterocycles. The summed E-state index contributed by atoms with van der Waals surface area (Å²) in [6, 6.07) is 6.17. The molecule has 5 rings (SSSR count). The molecular weight excluding hydrogens is 398 g/mol. The molecule has 2 bridgehead atoms. The first-order chi connectivity index (χ1) is 14.1. The lowest BCUT2D eigenvalue weighted by molar-refractivity contribution is 0.0143. The van der Waals surface area contributed by atoms with Crippen LogP contribution < -0.4 is 4.74 Å². The third-order valence-corrected chi connectivity index (χ3v) is 11.2. The smallest absolute Gasteiger partial charge is 0.214 e. The molecule has 1 aromatic rings. The predicted octanol–water partition coefficient (Wildman–Crippen LogP) is 3.57. The normalized spacial score (nSPS) is 33.9. The van der Waals surface area contributed by atoms with Gasteiger partial charge >= 0.3 is 0 Å². The summed E-state index contributed by atoms with van der Waals surface area (Å²) in [4.78, 5) is 0. The highest BCUT2D eigenvalue weighted by Crippen LogP contribution is 2.66. The highest BCUT2D eigenvalue weighted by atomic mass is 32.2. The number of ether oxygens (including phenoxy) is 1. The van der Waals surface area contributed by atoms with Crippen LogP contribution in [0.3, 0.4) is 0 Å². The minimum atomic E-state index is -3.43. The molecule has 30 heavy (non-hydrogen) atoms. The van der Waals surface area contributed by atoms with Crippen LogP contribution in [-0.4, -0.2) is 49.9 Å². The summed E-state index contributed by atoms with van der Waals surface area (Å²) in [6.07, 6.45) is 8.07. The van der Waals surface area contributed by atoms with Gasteiger partial charge in [0.1, 0.15) is 5.75 Å². The van der Waals surface area contributed by atoms with Crippen LogP contribution in [-0.2, 0) is 15.4 Å². The van der Waals surface area contributed by atoms with E-state index in [1.54, 1.807) is 11.4 Å². The van der Waals surface area contributed by atoms with E-state index >= 15 is 0 Å². The van der Waals surface area contributed by atoms with E-state index < -0.39 is 21.5 Å². The third-order valence-electron chi connectivity index (χ3n) is 9.22. The highest BCUT2D eigenvalue weighted by molar-refractivity contribution is 7.89. The molecule has 1 heterocycles. The Bertz CT molecular complexity index is 990. The minimum absolute atomic E-state index is 0.0813. The molecule has 3 atom stereocenters. The monoisotopic (exact) mass is 431 g/mol. The molecule has 1 unspecified atom stereocenters. The van der Waals surface area contributed by atoms with Crippen LogP contribution in [0.15, 0.2) is 24.3 Å². The predicted molar refractivity (Wildman–Crippen MR) is 118 cm³/mol. The molecule has 1 aliphatic heterocycles. The van der Waals surface area contributed by atoms with E-state index in [2.05, 4.69) is 38.1 Å². The molecule has 1 N–H and O–H groups in total. The van der Waals surface area contributed by atoms with E-state index in [1.165, 1.54) is 11.1 Å². The van der Waals surface area contributed by atoms with Gasteiger partial charge in [-0.2, -0.15) is 0 Å². The maximum Gasteiger partial charge on any atom is 0.214 e. The van der Waals surface area contributed by atoms with Crippen LogP contribution in [0.25, 0.3) is 6.08 Å². The summed E-state index contributed by atoms with van der Waals surface area (Å²) in [5.41, 5.74) is 1.74. The lowest BCUT2D eigenvalue weighted by Crippen LogP contribution is -2.51. The van der Waals surface area contributed by atoms with Crippen LogP contribution in [0.1, 0.15) is 57.1 Å². The van der Waals surface area contributed by atoms with Crippen molar-refractivity contribution in [3.8, 4) is 5.75 Å². The van der Waals surface area contributed by atoms with Crippen molar-refractivity contribution in [1.82, 2.24) is 4.31 Å². The molecule has 0 aromatic heterocycles. The first-order valence-electron chi connectivity index (χ1n) is 11.2. The van der Waals surface area contributed by atoms with Crippen molar-refractivity contribution in [2.45, 2.75) is 57.5 Å². The first kappa shape index (κ1) is 20.5. The summed E-state index contributed by atoms with van der Waals surface area (Å²) in [5.74, 6) is 1.36. The van der Waals surface area contributed by atoms with E-state index in [-0.39, 0.29) is 16.6 Å². The average molecular weight is 432 g/mol. The molecule has 5 nitrogen and oxygen atoms in total. The van der Waals surface area contributed by atoms with Gasteiger partial charge < -0.3 is 9.84 Å². The number of rotatable bonds is 4. The molecule has 4 aliphatic rings. The summed E-state index contributed by atoms with van der Waals surface area (Å²) < 4.78 is 34.1. The molecule has 1 aromatic carbocycles. The van der Waals surface area contributed by atoms with Gasteiger partial charge in [0.2, 0.25) is 10.0 Å². The van der Waals surface area contributed by atoms with Crippen LogP contribution in [0, 0.1) is 16.7 Å². The SMILES string of the molecule is COc1ccc2c(c1)C1(C=C2)CCN(S(=O)(=O)C[C@]23CCC(C[C@@H]2O)C3(C)C)CC1. The van der Waals surface area contributed by atoms with Crippen molar-refractivity contribution < 1.29 is 18.3 Å². The number of fused-ring (bicyclic) bond motifs is 4. The zero-order valence-electron chi connectivity index (χ0n) is 18.2. The van der Waals surface area contributed by atoms with Gasteiger partial charge in [-0.3, -0.25) is 0 Å². The number of aliphatic hydroxyl groups excluding tert-OH is 1. The van der Waals surface area contributed by atoms with Crippen molar-refractivity contribution in [3.05, 3.63) is 35.4 Å². The van der Waals surface area contributed by atoms with Crippen molar-refractivity contribution in [2.24, 2.45) is 16.7 Å². The number of allylic oxidation sites excluding steroid dienone is 1. The van der Waals surface area contributed by atoms with Crippen molar-refractivity contribution in [2.75, 3.05) is 26.0 Å². The molecule has 1 spiro atoms. The highest BCUT2D eigenvalue weighted by Gasteiger charge is 2.65. The van der Waals surface area contributed by atoms with Crippen molar-refractivity contribution in [1.29, 1.82) is 0 Å². The van der Waals surface area contributed by atoms with E-state index in [0.29, 0.717) is 19.0 Å². The molecule has 0 amide bonds. The number of methoxy groups -OCH3 is 1. The van der Waals surface area contributed by atoms with Gasteiger partial charge in [0, 0.05) is 23.9 Å². The average Bonchev–Trinajstić information content (AvgIpc) is 3.24. The molecule has 0 radical (unpaired) electrons. The van der Waals surface area contributed by atoms with Crippen LogP contribution in [0.2, 0.25) is 0 Å². The maximum absolute atomic E-state index is 13.5. The maximum atomic E-state index is 13.5. The standard InChI is InChI=1S/C24H33NO4S/c1-22(2)18-7-9-24(22,21(26)14-18)16-30(27,28)25-12-10-23(11-13-25)8-6-17-4-5-19(29-3)15-20(17)23/h4-6,8,15,18,21,26H,7,9-14,16H2,1-3H3/t18?,21-,24+/m0/s1. The lowest BCUT2D eigenvalue weighted by atomic mass is 9.70. The molecule has 3 aliphatic carbocycles. The zero-order chi connectivity index (χ0) is 21.4. The van der Waals surface area contributed by atoms with Crippen molar-refractivity contribution >= 4 is 16.1 Å². The summed E-state index contributed by atoms with van der Waals surface area (Å²) in [5, 5.41) is 10.8. The Morgan fingerprint density at radius 2 is 1.93 bits per heavy atom. The third kappa shape index (κ3) is 2.69. The largest absolute Gasteiger partial charge is 0.497 e. The van der Waals surface area contributed by atoms with E-state index in [0.717, 1.165) is 37.9 Å². The fourth-order valence-corrected chi connectivity index (χ4v) is 9.25. The Morgan fingerprint density at radius 3 is 2.53 bits per heavy atom. The van der Waals surface area contributed by atoms with E-state index in [4.69, 9.17) is 4.74 Å². The second kappa shape index (κ2) is 6.57. The number of sulfonamides is 1. The number of piperidine rings is 1. The summed E-state index contributed by atoms with van der Waals surface area (Å²) >= 11 is 0. The topological polar surface area (TPSA) is 66.8 Å². The number of nitrogens with zero attached hydrogens (tertiary/aromatic N) is 1. The molecule has 164 valence electrons. The van der Waals surface area contributed by atoms with E-state index in [1.807, 2.05) is 6.07 Å². The zero-order valence-corrected chi connectivity index (χ0v) is 19.0. The number of hydrogen-bond donors (Lipinski definition) is 1. The van der Waals surface area contributed by atoms with Gasteiger partial charge in [-0.25, -0.2) is 12.7 Å². The Balaban J connectivity index is 1.35. The Labute approximate surface area is 180 Å². The summed E-state index contributed by atoms with van der Waals surface area (Å²) in [6.45, 7) is 5.38. The first-order valence-corrected chi connectivity index (χ1v) is 12.8. The van der Waals surface area contributed by atoms with Gasteiger partial charge in [0.05, 0.1) is 19.0 Å². The molecule has 3 fully saturated rings. The number of aliphatic hydroxyl groups is 1. The van der Waals surface area contributed by atoms with Crippen LogP contribution in [0.4, 0.5) is 0 Å². The molecule has 2 saturated carbocycles. The second-order valence-electron chi connectivity index (χ2n) is 10.5. The Kier molecular flexibility index (Phi) is 4.49. The van der Waals surface area contributed by atoms with Gasteiger partial charge in [-0.05, 0) is 66.7 Å².